The van der Waals surface area contributed by atoms with Crippen molar-refractivity contribution >= 4 is 16.8 Å². The van der Waals surface area contributed by atoms with Crippen LogP contribution in [-0.2, 0) is 15.5 Å². The van der Waals surface area contributed by atoms with Gasteiger partial charge in [0.1, 0.15) is 0 Å². The highest BCUT2D eigenvalue weighted by molar-refractivity contribution is 7.84. The molecular weight excluding hydrogens is 264 g/mol. The molecule has 1 aliphatic carbocycles. The van der Waals surface area contributed by atoms with Crippen LogP contribution in [0.15, 0.2) is 11.4 Å². The third-order valence-corrected chi connectivity index (χ3v) is 4.16. The highest BCUT2D eigenvalue weighted by Crippen LogP contribution is 2.33. The molecule has 1 heterocycles. The molecule has 0 aliphatic heterocycles. The van der Waals surface area contributed by atoms with Crippen LogP contribution >= 0.6 is 0 Å². The second kappa shape index (κ2) is 6.23. The predicted molar refractivity (Wildman–Crippen MR) is 71.5 cm³/mol. The molecular formula is C13H18N2O3S. The molecule has 0 amide bonds. The van der Waals surface area contributed by atoms with Crippen molar-refractivity contribution in [2.45, 2.75) is 43.2 Å². The van der Waals surface area contributed by atoms with Crippen molar-refractivity contribution in [1.82, 2.24) is 9.97 Å². The van der Waals surface area contributed by atoms with Crippen molar-refractivity contribution in [2.24, 2.45) is 0 Å². The monoisotopic (exact) mass is 282 g/mol. The summed E-state index contributed by atoms with van der Waals surface area (Å²) in [5, 5.41) is 0.285. The van der Waals surface area contributed by atoms with Crippen LogP contribution in [0.4, 0.5) is 0 Å². The summed E-state index contributed by atoms with van der Waals surface area (Å²) in [6, 6.07) is 0. The largest absolute Gasteiger partial charge is 0.465 e. The van der Waals surface area contributed by atoms with Gasteiger partial charge in [-0.2, -0.15) is 0 Å². The molecule has 2 rings (SSSR count). The Hall–Kier alpha value is -1.30. The highest BCUT2D eigenvalue weighted by atomic mass is 32.2. The van der Waals surface area contributed by atoms with Gasteiger partial charge in [0, 0.05) is 18.4 Å². The minimum absolute atomic E-state index is 0.244. The van der Waals surface area contributed by atoms with Crippen LogP contribution in [0, 0.1) is 0 Å². The molecule has 1 aromatic rings. The molecule has 1 aromatic heterocycles. The number of nitrogens with zero attached hydrogens (tertiary/aromatic N) is 2. The summed E-state index contributed by atoms with van der Waals surface area (Å²) in [7, 11) is 0.105. The zero-order valence-corrected chi connectivity index (χ0v) is 12.0. The van der Waals surface area contributed by atoms with Crippen LogP contribution in [-0.4, -0.2) is 33.5 Å². The first kappa shape index (κ1) is 14.1. The molecule has 1 fully saturated rings. The van der Waals surface area contributed by atoms with Crippen molar-refractivity contribution in [1.29, 1.82) is 0 Å². The number of hydrogen-bond donors (Lipinski definition) is 0. The van der Waals surface area contributed by atoms with Gasteiger partial charge in [-0.15, -0.1) is 0 Å². The lowest BCUT2D eigenvalue weighted by Gasteiger charge is -2.22. The minimum Gasteiger partial charge on any atom is -0.465 e. The maximum Gasteiger partial charge on any atom is 0.341 e. The fraction of sp³-hybridized carbons (Fsp3) is 0.615. The van der Waals surface area contributed by atoms with Crippen molar-refractivity contribution in [2.75, 3.05) is 13.4 Å². The summed E-state index contributed by atoms with van der Waals surface area (Å²) in [5.41, 5.74) is 1.11. The molecule has 0 spiro atoms. The molecule has 0 saturated heterocycles. The minimum atomic E-state index is -1.24. The van der Waals surface area contributed by atoms with Crippen LogP contribution in [0.1, 0.15) is 54.1 Å². The molecule has 1 atom stereocenters. The lowest BCUT2D eigenvalue weighted by Crippen LogP contribution is -2.16. The summed E-state index contributed by atoms with van der Waals surface area (Å²) < 4.78 is 16.3. The smallest absolute Gasteiger partial charge is 0.341 e. The van der Waals surface area contributed by atoms with Gasteiger partial charge in [0.05, 0.1) is 29.2 Å². The molecule has 1 saturated carbocycles. The van der Waals surface area contributed by atoms with E-state index in [4.69, 9.17) is 4.74 Å². The maximum absolute atomic E-state index is 11.8. The van der Waals surface area contributed by atoms with Crippen molar-refractivity contribution in [3.63, 3.8) is 0 Å². The van der Waals surface area contributed by atoms with Gasteiger partial charge in [0.2, 0.25) is 5.16 Å². The normalized spacial score (nSPS) is 18.0. The zero-order valence-electron chi connectivity index (χ0n) is 11.2. The van der Waals surface area contributed by atoms with E-state index in [9.17, 15) is 9.00 Å². The second-order valence-corrected chi connectivity index (χ2v) is 6.01. The third kappa shape index (κ3) is 3.18. The number of hydrogen-bond acceptors (Lipinski definition) is 5. The Morgan fingerprint density at radius 1 is 1.37 bits per heavy atom. The number of carbonyl (C=O) groups excluding carboxylic acids is 1. The first-order chi connectivity index (χ1) is 9.13. The van der Waals surface area contributed by atoms with Crippen LogP contribution in [0.3, 0.4) is 0 Å². The number of ether oxygens (including phenoxy) is 1. The third-order valence-electron chi connectivity index (χ3n) is 3.45. The van der Waals surface area contributed by atoms with Gasteiger partial charge in [-0.3, -0.25) is 4.21 Å². The molecule has 0 radical (unpaired) electrons. The first-order valence-corrected chi connectivity index (χ1v) is 7.98. The van der Waals surface area contributed by atoms with E-state index in [1.54, 1.807) is 0 Å². The topological polar surface area (TPSA) is 69.2 Å². The van der Waals surface area contributed by atoms with Crippen molar-refractivity contribution in [3.05, 3.63) is 17.5 Å². The molecule has 0 N–H and O–H groups in total. The van der Waals surface area contributed by atoms with Crippen molar-refractivity contribution < 1.29 is 13.7 Å². The number of carbonyl (C=O) groups is 1. The van der Waals surface area contributed by atoms with Gasteiger partial charge in [-0.05, 0) is 12.8 Å². The standard InChI is InChI=1S/C13H18N2O3S/c1-18-12(16)10-8-14-13(19(2)17)15-11(10)9-6-4-3-5-7-9/h8-9H,3-7H2,1-2H3. The maximum atomic E-state index is 11.8. The van der Waals surface area contributed by atoms with Gasteiger partial charge in [0.15, 0.2) is 0 Å². The Bertz CT molecular complexity index is 499. The van der Waals surface area contributed by atoms with E-state index in [2.05, 4.69) is 9.97 Å². The summed E-state index contributed by atoms with van der Waals surface area (Å²) in [4.78, 5) is 20.1. The number of methoxy groups -OCH3 is 1. The average Bonchev–Trinajstić information content (AvgIpc) is 2.46. The van der Waals surface area contributed by atoms with E-state index in [0.717, 1.165) is 25.7 Å². The van der Waals surface area contributed by atoms with Crippen LogP contribution in [0.5, 0.6) is 0 Å². The highest BCUT2D eigenvalue weighted by Gasteiger charge is 2.25. The molecule has 5 nitrogen and oxygen atoms in total. The Labute approximate surface area is 115 Å². The Morgan fingerprint density at radius 2 is 2.05 bits per heavy atom. The fourth-order valence-corrected chi connectivity index (χ4v) is 2.90. The molecule has 0 aromatic carbocycles. The second-order valence-electron chi connectivity index (χ2n) is 4.73. The zero-order chi connectivity index (χ0) is 13.8. The van der Waals surface area contributed by atoms with Gasteiger partial charge < -0.3 is 4.74 Å². The predicted octanol–water partition coefficient (Wildman–Crippen LogP) is 2.05. The first-order valence-electron chi connectivity index (χ1n) is 6.42. The van der Waals surface area contributed by atoms with Gasteiger partial charge >= 0.3 is 5.97 Å². The summed E-state index contributed by atoms with van der Waals surface area (Å²) >= 11 is 0. The quantitative estimate of drug-likeness (QED) is 0.627. The Balaban J connectivity index is 2.42. The van der Waals surface area contributed by atoms with Gasteiger partial charge in [0.25, 0.3) is 0 Å². The molecule has 19 heavy (non-hydrogen) atoms. The summed E-state index contributed by atoms with van der Waals surface area (Å²) in [6.45, 7) is 0. The molecule has 1 aliphatic rings. The summed E-state index contributed by atoms with van der Waals surface area (Å²) in [5.74, 6) is -0.179. The van der Waals surface area contributed by atoms with E-state index in [-0.39, 0.29) is 11.1 Å². The van der Waals surface area contributed by atoms with Crippen molar-refractivity contribution in [3.8, 4) is 0 Å². The number of esters is 1. The van der Waals surface area contributed by atoms with E-state index in [0.29, 0.717) is 11.3 Å². The fourth-order valence-electron chi connectivity index (χ4n) is 2.47. The lowest BCUT2D eigenvalue weighted by molar-refractivity contribution is 0.0597. The molecule has 0 bridgehead atoms. The van der Waals surface area contributed by atoms with Crippen LogP contribution in [0.25, 0.3) is 0 Å². The average molecular weight is 282 g/mol. The van der Waals surface area contributed by atoms with E-state index in [1.165, 1.54) is 26.0 Å². The molecule has 6 heteroatoms. The number of rotatable bonds is 3. The van der Waals surface area contributed by atoms with Crippen LogP contribution in [0.2, 0.25) is 0 Å². The van der Waals surface area contributed by atoms with E-state index < -0.39 is 16.8 Å². The molecule has 1 unspecified atom stereocenters. The van der Waals surface area contributed by atoms with Gasteiger partial charge in [-0.1, -0.05) is 19.3 Å². The van der Waals surface area contributed by atoms with E-state index >= 15 is 0 Å². The van der Waals surface area contributed by atoms with Crippen LogP contribution < -0.4 is 0 Å². The molecule has 104 valence electrons. The van der Waals surface area contributed by atoms with E-state index in [1.807, 2.05) is 0 Å². The summed E-state index contributed by atoms with van der Waals surface area (Å²) in [6.07, 6.45) is 8.51. The SMILES string of the molecule is COC(=O)c1cnc(S(C)=O)nc1C1CCCCC1. The van der Waals surface area contributed by atoms with Gasteiger partial charge in [-0.25, -0.2) is 14.8 Å². The lowest BCUT2D eigenvalue weighted by atomic mass is 9.85. The Kier molecular flexibility index (Phi) is 4.63. The Morgan fingerprint density at radius 3 is 2.63 bits per heavy atom. The number of aromatic nitrogens is 2.